The van der Waals surface area contributed by atoms with Crippen LogP contribution in [0.25, 0.3) is 0 Å². The average Bonchev–Trinajstić information content (AvgIpc) is 2.20. The van der Waals surface area contributed by atoms with Crippen molar-refractivity contribution in [3.8, 4) is 0 Å². The zero-order chi connectivity index (χ0) is 11.7. The lowest BCUT2D eigenvalue weighted by Crippen LogP contribution is -2.39. The van der Waals surface area contributed by atoms with Gasteiger partial charge in [-0.15, -0.1) is 12.4 Å². The molecule has 1 amide bonds. The second-order valence-electron chi connectivity index (χ2n) is 3.73. The highest BCUT2D eigenvalue weighted by atomic mass is 35.5. The molecule has 0 saturated carbocycles. The number of methoxy groups -OCH3 is 1. The summed E-state index contributed by atoms with van der Waals surface area (Å²) in [4.78, 5) is 13.3. The Kier molecular flexibility index (Phi) is 12.5. The molecular formula is C10H24ClN3O2. The molecule has 0 heterocycles. The fraction of sp³-hybridized carbons (Fsp3) is 0.900. The number of nitrogens with zero attached hydrogens (tertiary/aromatic N) is 1. The van der Waals surface area contributed by atoms with Crippen molar-refractivity contribution in [3.05, 3.63) is 0 Å². The minimum Gasteiger partial charge on any atom is -0.383 e. The molecule has 0 spiro atoms. The number of hydrogen-bond acceptors (Lipinski definition) is 4. The third-order valence-electron chi connectivity index (χ3n) is 2.11. The largest absolute Gasteiger partial charge is 0.383 e. The number of ether oxygens (including phenoxy) is 1. The van der Waals surface area contributed by atoms with Crippen LogP contribution in [0.5, 0.6) is 0 Å². The van der Waals surface area contributed by atoms with Crippen molar-refractivity contribution in [2.75, 3.05) is 40.4 Å². The van der Waals surface area contributed by atoms with Gasteiger partial charge < -0.3 is 20.7 Å². The Balaban J connectivity index is 0. The van der Waals surface area contributed by atoms with Crippen molar-refractivity contribution in [3.63, 3.8) is 0 Å². The maximum Gasteiger partial charge on any atom is 0.236 e. The predicted molar refractivity (Wildman–Crippen MR) is 67.9 cm³/mol. The van der Waals surface area contributed by atoms with Gasteiger partial charge in [0.1, 0.15) is 0 Å². The molecule has 1 atom stereocenters. The highest BCUT2D eigenvalue weighted by Crippen LogP contribution is 1.86. The van der Waals surface area contributed by atoms with Crippen molar-refractivity contribution in [1.29, 1.82) is 0 Å². The van der Waals surface area contributed by atoms with E-state index in [1.165, 1.54) is 0 Å². The number of amides is 1. The summed E-state index contributed by atoms with van der Waals surface area (Å²) in [7, 11) is 3.73. The van der Waals surface area contributed by atoms with Crippen LogP contribution < -0.4 is 11.1 Å². The molecule has 3 N–H and O–H groups in total. The van der Waals surface area contributed by atoms with Gasteiger partial charge in [-0.05, 0) is 26.9 Å². The molecule has 0 aliphatic carbocycles. The zero-order valence-corrected chi connectivity index (χ0v) is 11.2. The molecule has 0 aromatic carbocycles. The number of likely N-dealkylation sites (N-methyl/N-ethyl adjacent to an activating group) is 1. The zero-order valence-electron chi connectivity index (χ0n) is 10.4. The molecule has 0 aromatic rings. The topological polar surface area (TPSA) is 67.6 Å². The first kappa shape index (κ1) is 18.0. The smallest absolute Gasteiger partial charge is 0.236 e. The van der Waals surface area contributed by atoms with Gasteiger partial charge in [0.2, 0.25) is 5.91 Å². The highest BCUT2D eigenvalue weighted by Gasteiger charge is 2.05. The lowest BCUT2D eigenvalue weighted by molar-refractivity contribution is -0.121. The quantitative estimate of drug-likeness (QED) is 0.590. The van der Waals surface area contributed by atoms with Gasteiger partial charge in [0.15, 0.2) is 0 Å². The van der Waals surface area contributed by atoms with Crippen molar-refractivity contribution < 1.29 is 9.53 Å². The van der Waals surface area contributed by atoms with Crippen molar-refractivity contribution in [2.45, 2.75) is 19.4 Å². The van der Waals surface area contributed by atoms with Crippen LogP contribution in [0.4, 0.5) is 0 Å². The van der Waals surface area contributed by atoms with Crippen LogP contribution in [-0.4, -0.2) is 57.2 Å². The van der Waals surface area contributed by atoms with E-state index in [1.54, 1.807) is 14.0 Å². The van der Waals surface area contributed by atoms with Crippen molar-refractivity contribution >= 4 is 18.3 Å². The number of carbonyl (C=O) groups excluding carboxylic acids is 1. The molecular weight excluding hydrogens is 230 g/mol. The van der Waals surface area contributed by atoms with Crippen LogP contribution in [0.2, 0.25) is 0 Å². The number of nitrogens with one attached hydrogen (secondary N) is 1. The third kappa shape index (κ3) is 10.2. The van der Waals surface area contributed by atoms with Crippen LogP contribution in [0.15, 0.2) is 0 Å². The number of halogens is 1. The molecule has 0 rings (SSSR count). The molecule has 0 aliphatic heterocycles. The second-order valence-corrected chi connectivity index (χ2v) is 3.73. The summed E-state index contributed by atoms with van der Waals surface area (Å²) in [6.45, 7) is 4.96. The molecule has 0 radical (unpaired) electrons. The molecule has 0 bridgehead atoms. The van der Waals surface area contributed by atoms with E-state index in [9.17, 15) is 4.79 Å². The average molecular weight is 254 g/mol. The molecule has 0 aliphatic rings. The monoisotopic (exact) mass is 253 g/mol. The minimum atomic E-state index is -0.420. The first-order valence-electron chi connectivity index (χ1n) is 5.28. The van der Waals surface area contributed by atoms with Crippen molar-refractivity contribution in [2.24, 2.45) is 5.73 Å². The van der Waals surface area contributed by atoms with E-state index in [4.69, 9.17) is 10.5 Å². The first-order chi connectivity index (χ1) is 7.07. The van der Waals surface area contributed by atoms with Gasteiger partial charge in [-0.25, -0.2) is 0 Å². The van der Waals surface area contributed by atoms with E-state index in [0.717, 1.165) is 26.1 Å². The number of hydrogen-bond donors (Lipinski definition) is 2. The fourth-order valence-electron chi connectivity index (χ4n) is 1.08. The summed E-state index contributed by atoms with van der Waals surface area (Å²) in [5.74, 6) is -0.0884. The Bertz CT molecular complexity index is 179. The van der Waals surface area contributed by atoms with E-state index in [1.807, 2.05) is 7.05 Å². The Morgan fingerprint density at radius 2 is 2.12 bits per heavy atom. The number of carbonyl (C=O) groups is 1. The van der Waals surface area contributed by atoms with E-state index < -0.39 is 6.04 Å². The first-order valence-corrected chi connectivity index (χ1v) is 5.28. The molecule has 1 unspecified atom stereocenters. The Morgan fingerprint density at radius 3 is 2.62 bits per heavy atom. The van der Waals surface area contributed by atoms with Crippen LogP contribution in [-0.2, 0) is 9.53 Å². The minimum absolute atomic E-state index is 0. The SMILES string of the molecule is COCCN(C)CCCNC(=O)C(C)N.Cl. The van der Waals surface area contributed by atoms with Gasteiger partial charge in [0, 0.05) is 20.2 Å². The van der Waals surface area contributed by atoms with E-state index in [0.29, 0.717) is 6.54 Å². The summed E-state index contributed by atoms with van der Waals surface area (Å²) < 4.78 is 4.96. The van der Waals surface area contributed by atoms with Crippen LogP contribution in [0.1, 0.15) is 13.3 Å². The normalized spacial score (nSPS) is 12.1. The maximum atomic E-state index is 11.1. The van der Waals surface area contributed by atoms with Gasteiger partial charge in [0.25, 0.3) is 0 Å². The summed E-state index contributed by atoms with van der Waals surface area (Å²) in [6.07, 6.45) is 0.929. The Hall–Kier alpha value is -0.360. The molecule has 0 aromatic heterocycles. The summed E-state index contributed by atoms with van der Waals surface area (Å²) in [5.41, 5.74) is 5.40. The Labute approximate surface area is 104 Å². The van der Waals surface area contributed by atoms with E-state index in [2.05, 4.69) is 10.2 Å². The Morgan fingerprint density at radius 1 is 1.50 bits per heavy atom. The third-order valence-corrected chi connectivity index (χ3v) is 2.11. The molecule has 5 nitrogen and oxygen atoms in total. The second kappa shape index (κ2) is 11.1. The van der Waals surface area contributed by atoms with Gasteiger partial charge >= 0.3 is 0 Å². The molecule has 6 heteroatoms. The van der Waals surface area contributed by atoms with Crippen molar-refractivity contribution in [1.82, 2.24) is 10.2 Å². The molecule has 16 heavy (non-hydrogen) atoms. The van der Waals surface area contributed by atoms with Crippen LogP contribution >= 0.6 is 12.4 Å². The standard InChI is InChI=1S/C10H23N3O2.ClH/c1-9(11)10(14)12-5-4-6-13(2)7-8-15-3;/h9H,4-8,11H2,1-3H3,(H,12,14);1H. The van der Waals surface area contributed by atoms with Gasteiger partial charge in [-0.1, -0.05) is 0 Å². The summed E-state index contributed by atoms with van der Waals surface area (Å²) >= 11 is 0. The van der Waals surface area contributed by atoms with E-state index in [-0.39, 0.29) is 18.3 Å². The number of nitrogens with two attached hydrogens (primary N) is 1. The van der Waals surface area contributed by atoms with Gasteiger partial charge in [0.05, 0.1) is 12.6 Å². The van der Waals surface area contributed by atoms with E-state index >= 15 is 0 Å². The van der Waals surface area contributed by atoms with Crippen LogP contribution in [0, 0.1) is 0 Å². The lowest BCUT2D eigenvalue weighted by atomic mass is 10.3. The summed E-state index contributed by atoms with van der Waals surface area (Å²) in [5, 5.41) is 2.77. The van der Waals surface area contributed by atoms with Gasteiger partial charge in [-0.3, -0.25) is 4.79 Å². The van der Waals surface area contributed by atoms with Gasteiger partial charge in [-0.2, -0.15) is 0 Å². The fourth-order valence-corrected chi connectivity index (χ4v) is 1.08. The molecule has 0 saturated heterocycles. The predicted octanol–water partition coefficient (Wildman–Crippen LogP) is -0.160. The highest BCUT2D eigenvalue weighted by molar-refractivity contribution is 5.85. The molecule has 0 fully saturated rings. The lowest BCUT2D eigenvalue weighted by Gasteiger charge is -2.16. The maximum absolute atomic E-state index is 11.1. The number of rotatable bonds is 8. The molecule has 98 valence electrons. The summed E-state index contributed by atoms with van der Waals surface area (Å²) in [6, 6.07) is -0.420. The van der Waals surface area contributed by atoms with Crippen LogP contribution in [0.3, 0.4) is 0 Å².